The summed E-state index contributed by atoms with van der Waals surface area (Å²) in [5, 5.41) is 11.6. The Bertz CT molecular complexity index is 435. The topological polar surface area (TPSA) is 78.9 Å². The number of anilines is 1. The van der Waals surface area contributed by atoms with Gasteiger partial charge in [0, 0.05) is 0 Å². The Hall–Kier alpha value is -1.86. The van der Waals surface area contributed by atoms with Crippen molar-refractivity contribution in [3.63, 3.8) is 0 Å². The molecule has 0 unspecified atom stereocenters. The first kappa shape index (κ1) is 13.2. The second-order valence-electron chi connectivity index (χ2n) is 4.38. The van der Waals surface area contributed by atoms with Gasteiger partial charge in [-0.15, -0.1) is 0 Å². The average Bonchev–Trinajstić information content (AvgIpc) is 2.28. The quantitative estimate of drug-likeness (QED) is 0.830. The van der Waals surface area contributed by atoms with Crippen LogP contribution in [0.25, 0.3) is 0 Å². The molecule has 0 spiro atoms. The van der Waals surface area contributed by atoms with Crippen LogP contribution in [0, 0.1) is 17.2 Å². The first-order chi connectivity index (χ1) is 8.04. The summed E-state index contributed by atoms with van der Waals surface area (Å²) in [5.41, 5.74) is 6.72. The number of amides is 1. The van der Waals surface area contributed by atoms with Crippen LogP contribution in [0.15, 0.2) is 24.3 Å². The fourth-order valence-corrected chi connectivity index (χ4v) is 1.53. The van der Waals surface area contributed by atoms with Crippen molar-refractivity contribution in [1.29, 1.82) is 5.26 Å². The molecule has 0 saturated heterocycles. The summed E-state index contributed by atoms with van der Waals surface area (Å²) in [6.07, 6.45) is 0.626. The van der Waals surface area contributed by atoms with E-state index in [-0.39, 0.29) is 5.91 Å². The molecule has 0 aliphatic heterocycles. The third kappa shape index (κ3) is 3.89. The van der Waals surface area contributed by atoms with E-state index < -0.39 is 6.04 Å². The lowest BCUT2D eigenvalue weighted by molar-refractivity contribution is -0.117. The van der Waals surface area contributed by atoms with E-state index in [2.05, 4.69) is 5.32 Å². The molecule has 4 heteroatoms. The van der Waals surface area contributed by atoms with Gasteiger partial charge >= 0.3 is 0 Å². The molecule has 0 radical (unpaired) electrons. The van der Waals surface area contributed by atoms with E-state index in [1.807, 2.05) is 19.9 Å². The number of nitriles is 1. The summed E-state index contributed by atoms with van der Waals surface area (Å²) in [6, 6.07) is 8.35. The Labute approximate surface area is 101 Å². The lowest BCUT2D eigenvalue weighted by atomic mass is 10.0. The highest BCUT2D eigenvalue weighted by Gasteiger charge is 2.15. The number of hydrogen-bond donors (Lipinski definition) is 2. The molecule has 0 aliphatic rings. The van der Waals surface area contributed by atoms with Crippen LogP contribution in [0.5, 0.6) is 0 Å². The van der Waals surface area contributed by atoms with Crippen LogP contribution in [0.1, 0.15) is 25.8 Å². The number of nitrogens with one attached hydrogen (secondary N) is 1. The SMILES string of the molecule is CC(C)C[C@@H](N)C(=O)Nc1ccccc1C#N. The smallest absolute Gasteiger partial charge is 0.241 e. The van der Waals surface area contributed by atoms with Crippen LogP contribution in [0.3, 0.4) is 0 Å². The number of nitrogens with zero attached hydrogens (tertiary/aromatic N) is 1. The fourth-order valence-electron chi connectivity index (χ4n) is 1.53. The number of carbonyl (C=O) groups is 1. The minimum Gasteiger partial charge on any atom is -0.324 e. The van der Waals surface area contributed by atoms with Crippen molar-refractivity contribution in [2.75, 3.05) is 5.32 Å². The Balaban J connectivity index is 2.71. The summed E-state index contributed by atoms with van der Waals surface area (Å²) in [6.45, 7) is 4.02. The van der Waals surface area contributed by atoms with E-state index in [0.29, 0.717) is 23.6 Å². The Kier molecular flexibility index (Phi) is 4.68. The van der Waals surface area contributed by atoms with Gasteiger partial charge in [-0.2, -0.15) is 5.26 Å². The summed E-state index contributed by atoms with van der Waals surface area (Å²) in [7, 11) is 0. The summed E-state index contributed by atoms with van der Waals surface area (Å²) in [4.78, 5) is 11.8. The standard InChI is InChI=1S/C13H17N3O/c1-9(2)7-11(15)13(17)16-12-6-4-3-5-10(12)8-14/h3-6,9,11H,7,15H2,1-2H3,(H,16,17)/t11-/m1/s1. The van der Waals surface area contributed by atoms with E-state index in [4.69, 9.17) is 11.0 Å². The van der Waals surface area contributed by atoms with Gasteiger partial charge in [0.1, 0.15) is 6.07 Å². The van der Waals surface area contributed by atoms with Crippen molar-refractivity contribution in [1.82, 2.24) is 0 Å². The fraction of sp³-hybridized carbons (Fsp3) is 0.385. The number of para-hydroxylation sites is 1. The zero-order valence-electron chi connectivity index (χ0n) is 10.1. The van der Waals surface area contributed by atoms with Gasteiger partial charge in [0.05, 0.1) is 17.3 Å². The van der Waals surface area contributed by atoms with E-state index in [1.54, 1.807) is 24.3 Å². The van der Waals surface area contributed by atoms with Crippen LogP contribution in [0.2, 0.25) is 0 Å². The molecule has 17 heavy (non-hydrogen) atoms. The van der Waals surface area contributed by atoms with Crippen molar-refractivity contribution in [3.8, 4) is 6.07 Å². The van der Waals surface area contributed by atoms with Crippen molar-refractivity contribution < 1.29 is 4.79 Å². The molecule has 1 aromatic carbocycles. The van der Waals surface area contributed by atoms with Gasteiger partial charge in [-0.25, -0.2) is 0 Å². The van der Waals surface area contributed by atoms with Crippen LogP contribution >= 0.6 is 0 Å². The summed E-state index contributed by atoms with van der Waals surface area (Å²) in [5.74, 6) is 0.114. The molecular formula is C13H17N3O. The predicted molar refractivity (Wildman–Crippen MR) is 67.2 cm³/mol. The second-order valence-corrected chi connectivity index (χ2v) is 4.38. The Morgan fingerprint density at radius 1 is 1.47 bits per heavy atom. The lowest BCUT2D eigenvalue weighted by Gasteiger charge is -2.14. The molecule has 90 valence electrons. The van der Waals surface area contributed by atoms with Gasteiger partial charge in [0.2, 0.25) is 5.91 Å². The van der Waals surface area contributed by atoms with Gasteiger partial charge < -0.3 is 11.1 Å². The molecule has 1 aromatic rings. The maximum absolute atomic E-state index is 11.8. The minimum atomic E-state index is -0.540. The molecule has 0 bridgehead atoms. The first-order valence-corrected chi connectivity index (χ1v) is 5.60. The highest BCUT2D eigenvalue weighted by atomic mass is 16.2. The Morgan fingerprint density at radius 2 is 2.12 bits per heavy atom. The lowest BCUT2D eigenvalue weighted by Crippen LogP contribution is -2.36. The Morgan fingerprint density at radius 3 is 2.71 bits per heavy atom. The van der Waals surface area contributed by atoms with Crippen LogP contribution in [0.4, 0.5) is 5.69 Å². The molecule has 0 saturated carbocycles. The van der Waals surface area contributed by atoms with E-state index in [0.717, 1.165) is 0 Å². The van der Waals surface area contributed by atoms with Gasteiger partial charge in [-0.05, 0) is 24.5 Å². The van der Waals surface area contributed by atoms with Crippen molar-refractivity contribution >= 4 is 11.6 Å². The first-order valence-electron chi connectivity index (χ1n) is 5.60. The van der Waals surface area contributed by atoms with Crippen molar-refractivity contribution in [2.45, 2.75) is 26.3 Å². The highest BCUT2D eigenvalue weighted by molar-refractivity contribution is 5.95. The number of benzene rings is 1. The van der Waals surface area contributed by atoms with E-state index in [1.165, 1.54) is 0 Å². The molecule has 4 nitrogen and oxygen atoms in total. The van der Waals surface area contributed by atoms with Crippen LogP contribution < -0.4 is 11.1 Å². The minimum absolute atomic E-state index is 0.249. The molecular weight excluding hydrogens is 214 g/mol. The highest BCUT2D eigenvalue weighted by Crippen LogP contribution is 2.14. The molecule has 0 aromatic heterocycles. The second kappa shape index (κ2) is 6.02. The number of nitrogens with two attached hydrogens (primary N) is 1. The van der Waals surface area contributed by atoms with Gasteiger partial charge in [-0.3, -0.25) is 4.79 Å². The normalized spacial score (nSPS) is 11.9. The zero-order valence-corrected chi connectivity index (χ0v) is 10.1. The molecule has 0 heterocycles. The third-order valence-electron chi connectivity index (χ3n) is 2.37. The van der Waals surface area contributed by atoms with Crippen LogP contribution in [-0.2, 0) is 4.79 Å². The maximum Gasteiger partial charge on any atom is 0.241 e. The average molecular weight is 231 g/mol. The van der Waals surface area contributed by atoms with Crippen molar-refractivity contribution in [2.24, 2.45) is 11.7 Å². The molecule has 0 fully saturated rings. The van der Waals surface area contributed by atoms with E-state index in [9.17, 15) is 4.79 Å². The van der Waals surface area contributed by atoms with Crippen molar-refractivity contribution in [3.05, 3.63) is 29.8 Å². The van der Waals surface area contributed by atoms with Gasteiger partial charge in [0.25, 0.3) is 0 Å². The molecule has 3 N–H and O–H groups in total. The summed E-state index contributed by atoms with van der Waals surface area (Å²) < 4.78 is 0. The van der Waals surface area contributed by atoms with E-state index >= 15 is 0 Å². The van der Waals surface area contributed by atoms with Gasteiger partial charge in [0.15, 0.2) is 0 Å². The largest absolute Gasteiger partial charge is 0.324 e. The van der Waals surface area contributed by atoms with Gasteiger partial charge in [-0.1, -0.05) is 26.0 Å². The molecule has 1 rings (SSSR count). The summed E-state index contributed by atoms with van der Waals surface area (Å²) >= 11 is 0. The van der Waals surface area contributed by atoms with Crippen LogP contribution in [-0.4, -0.2) is 11.9 Å². The zero-order chi connectivity index (χ0) is 12.8. The molecule has 1 amide bonds. The number of rotatable bonds is 4. The third-order valence-corrected chi connectivity index (χ3v) is 2.37. The predicted octanol–water partition coefficient (Wildman–Crippen LogP) is 1.87. The monoisotopic (exact) mass is 231 g/mol. The maximum atomic E-state index is 11.8. The number of hydrogen-bond acceptors (Lipinski definition) is 3. The number of carbonyl (C=O) groups excluding carboxylic acids is 1. The molecule has 0 aliphatic carbocycles. The molecule has 1 atom stereocenters.